The number of nitrogens with zero attached hydrogens (tertiary/aromatic N) is 4. The SMILES string of the molecule is Cc1ccc(-c2noc(C(C)N3CCN(CCCOCC(F)(F)F)CC3)n2)cc1. The average molecular weight is 412 g/mol. The molecule has 6 nitrogen and oxygen atoms in total. The van der Waals surface area contributed by atoms with Crippen LogP contribution >= 0.6 is 0 Å². The van der Waals surface area contributed by atoms with Crippen molar-refractivity contribution in [3.05, 3.63) is 35.7 Å². The molecule has 9 heteroatoms. The van der Waals surface area contributed by atoms with Crippen molar-refractivity contribution in [3.63, 3.8) is 0 Å². The Labute approximate surface area is 168 Å². The topological polar surface area (TPSA) is 54.6 Å². The van der Waals surface area contributed by atoms with Gasteiger partial charge in [0.05, 0.1) is 6.04 Å². The first-order chi connectivity index (χ1) is 13.8. The largest absolute Gasteiger partial charge is 0.411 e. The highest BCUT2D eigenvalue weighted by molar-refractivity contribution is 5.54. The summed E-state index contributed by atoms with van der Waals surface area (Å²) in [4.78, 5) is 9.08. The molecule has 2 heterocycles. The van der Waals surface area contributed by atoms with Crippen LogP contribution in [0.25, 0.3) is 11.4 Å². The highest BCUT2D eigenvalue weighted by Crippen LogP contribution is 2.23. The Kier molecular flexibility index (Phi) is 7.26. The molecule has 1 aromatic carbocycles. The fourth-order valence-corrected chi connectivity index (χ4v) is 3.33. The Balaban J connectivity index is 1.42. The average Bonchev–Trinajstić information content (AvgIpc) is 3.17. The minimum absolute atomic E-state index is 0.0129. The van der Waals surface area contributed by atoms with Crippen LogP contribution in [0.3, 0.4) is 0 Å². The number of piperazine rings is 1. The number of hydrogen-bond donors (Lipinski definition) is 0. The van der Waals surface area contributed by atoms with Crippen LogP contribution in [0.5, 0.6) is 0 Å². The second kappa shape index (κ2) is 9.69. The molecule has 1 aliphatic heterocycles. The lowest BCUT2D eigenvalue weighted by atomic mass is 10.1. The highest BCUT2D eigenvalue weighted by Gasteiger charge is 2.28. The standard InChI is InChI=1S/C20H27F3N4O2/c1-15-4-6-17(7-5-15)18-24-19(29-25-18)16(2)27-11-9-26(10-12-27)8-3-13-28-14-20(21,22)23/h4-7,16H,3,8-14H2,1-2H3. The molecule has 1 atom stereocenters. The van der Waals surface area contributed by atoms with Gasteiger partial charge in [-0.15, -0.1) is 0 Å². The van der Waals surface area contributed by atoms with Crippen LogP contribution in [-0.2, 0) is 4.74 Å². The molecule has 1 fully saturated rings. The number of halogens is 3. The maximum Gasteiger partial charge on any atom is 0.411 e. The van der Waals surface area contributed by atoms with Gasteiger partial charge in [0, 0.05) is 44.9 Å². The van der Waals surface area contributed by atoms with E-state index < -0.39 is 12.8 Å². The zero-order chi connectivity index (χ0) is 20.9. The predicted molar refractivity (Wildman–Crippen MR) is 102 cm³/mol. The molecule has 0 bridgehead atoms. The third-order valence-corrected chi connectivity index (χ3v) is 5.09. The van der Waals surface area contributed by atoms with Gasteiger partial charge >= 0.3 is 6.18 Å². The first kappa shape index (κ1) is 21.7. The molecule has 1 aromatic heterocycles. The van der Waals surface area contributed by atoms with Crippen molar-refractivity contribution in [1.82, 2.24) is 19.9 Å². The smallest absolute Gasteiger partial charge is 0.372 e. The van der Waals surface area contributed by atoms with E-state index in [-0.39, 0.29) is 12.6 Å². The molecule has 0 aliphatic carbocycles. The van der Waals surface area contributed by atoms with Crippen molar-refractivity contribution >= 4 is 0 Å². The highest BCUT2D eigenvalue weighted by atomic mass is 19.4. The summed E-state index contributed by atoms with van der Waals surface area (Å²) >= 11 is 0. The molecule has 1 aliphatic rings. The van der Waals surface area contributed by atoms with Gasteiger partial charge in [-0.1, -0.05) is 35.0 Å². The van der Waals surface area contributed by atoms with Gasteiger partial charge in [-0.05, 0) is 20.3 Å². The minimum atomic E-state index is -4.25. The molecule has 3 rings (SSSR count). The molecular formula is C20H27F3N4O2. The number of aryl methyl sites for hydroxylation is 1. The second-order valence-corrected chi connectivity index (χ2v) is 7.40. The maximum atomic E-state index is 12.1. The summed E-state index contributed by atoms with van der Waals surface area (Å²) in [5.41, 5.74) is 2.10. The molecule has 160 valence electrons. The van der Waals surface area contributed by atoms with Gasteiger partial charge in [-0.25, -0.2) is 0 Å². The lowest BCUT2D eigenvalue weighted by Crippen LogP contribution is -2.47. The van der Waals surface area contributed by atoms with E-state index in [4.69, 9.17) is 4.52 Å². The number of rotatable bonds is 8. The fraction of sp³-hybridized carbons (Fsp3) is 0.600. The number of ether oxygens (including phenoxy) is 1. The van der Waals surface area contributed by atoms with E-state index in [1.54, 1.807) is 0 Å². The first-order valence-corrected chi connectivity index (χ1v) is 9.83. The van der Waals surface area contributed by atoms with Crippen molar-refractivity contribution in [2.45, 2.75) is 32.5 Å². The Morgan fingerprint density at radius 1 is 1.14 bits per heavy atom. The van der Waals surface area contributed by atoms with E-state index in [9.17, 15) is 13.2 Å². The maximum absolute atomic E-state index is 12.1. The molecule has 0 N–H and O–H groups in total. The third kappa shape index (κ3) is 6.52. The summed E-state index contributed by atoms with van der Waals surface area (Å²) in [5, 5.41) is 4.11. The van der Waals surface area contributed by atoms with Crippen molar-refractivity contribution in [2.24, 2.45) is 0 Å². The molecule has 1 unspecified atom stereocenters. The van der Waals surface area contributed by atoms with E-state index in [0.29, 0.717) is 18.1 Å². The van der Waals surface area contributed by atoms with Gasteiger partial charge in [0.15, 0.2) is 0 Å². The van der Waals surface area contributed by atoms with Gasteiger partial charge in [-0.3, -0.25) is 4.90 Å². The predicted octanol–water partition coefficient (Wildman–Crippen LogP) is 3.69. The zero-order valence-corrected chi connectivity index (χ0v) is 16.8. The summed E-state index contributed by atoms with van der Waals surface area (Å²) < 4.78 is 46.3. The van der Waals surface area contributed by atoms with Crippen molar-refractivity contribution in [2.75, 3.05) is 45.9 Å². The van der Waals surface area contributed by atoms with Gasteiger partial charge < -0.3 is 14.2 Å². The Morgan fingerprint density at radius 3 is 2.48 bits per heavy atom. The summed E-state index contributed by atoms with van der Waals surface area (Å²) in [6.45, 7) is 7.14. The molecule has 29 heavy (non-hydrogen) atoms. The number of benzene rings is 1. The molecule has 1 saturated heterocycles. The van der Waals surface area contributed by atoms with Crippen LogP contribution in [-0.4, -0.2) is 72.1 Å². The van der Waals surface area contributed by atoms with Crippen LogP contribution in [0.1, 0.15) is 30.8 Å². The van der Waals surface area contributed by atoms with E-state index in [1.165, 1.54) is 5.56 Å². The lowest BCUT2D eigenvalue weighted by Gasteiger charge is -2.36. The van der Waals surface area contributed by atoms with Gasteiger partial charge in [0.1, 0.15) is 6.61 Å². The summed E-state index contributed by atoms with van der Waals surface area (Å²) in [6, 6.07) is 8.00. The number of alkyl halides is 3. The third-order valence-electron chi connectivity index (χ3n) is 5.09. The van der Waals surface area contributed by atoms with Crippen LogP contribution in [0, 0.1) is 6.92 Å². The van der Waals surface area contributed by atoms with E-state index in [1.807, 2.05) is 38.1 Å². The van der Waals surface area contributed by atoms with Crippen molar-refractivity contribution < 1.29 is 22.4 Å². The molecule has 0 spiro atoms. The molecule has 2 aromatic rings. The van der Waals surface area contributed by atoms with Crippen LogP contribution in [0.2, 0.25) is 0 Å². The van der Waals surface area contributed by atoms with Crippen molar-refractivity contribution in [3.8, 4) is 11.4 Å². The monoisotopic (exact) mass is 412 g/mol. The van der Waals surface area contributed by atoms with Crippen LogP contribution < -0.4 is 0 Å². The van der Waals surface area contributed by atoms with E-state index >= 15 is 0 Å². The second-order valence-electron chi connectivity index (χ2n) is 7.40. The molecule has 0 radical (unpaired) electrons. The Hall–Kier alpha value is -1.97. The number of aromatic nitrogens is 2. The molecule has 0 amide bonds. The fourth-order valence-electron chi connectivity index (χ4n) is 3.33. The van der Waals surface area contributed by atoms with Gasteiger partial charge in [-0.2, -0.15) is 18.2 Å². The van der Waals surface area contributed by atoms with E-state index in [2.05, 4.69) is 24.7 Å². The Bertz CT molecular complexity index is 756. The molecular weight excluding hydrogens is 385 g/mol. The summed E-state index contributed by atoms with van der Waals surface area (Å²) in [5.74, 6) is 1.18. The first-order valence-electron chi connectivity index (χ1n) is 9.83. The van der Waals surface area contributed by atoms with Crippen LogP contribution in [0.4, 0.5) is 13.2 Å². The zero-order valence-electron chi connectivity index (χ0n) is 16.8. The van der Waals surface area contributed by atoms with Crippen LogP contribution in [0.15, 0.2) is 28.8 Å². The van der Waals surface area contributed by atoms with Crippen molar-refractivity contribution in [1.29, 1.82) is 0 Å². The molecule has 0 saturated carbocycles. The van der Waals surface area contributed by atoms with E-state index in [0.717, 1.165) is 38.3 Å². The normalized spacial score (nSPS) is 17.6. The summed E-state index contributed by atoms with van der Waals surface area (Å²) in [6.07, 6.45) is -3.66. The van der Waals surface area contributed by atoms with Gasteiger partial charge in [0.25, 0.3) is 0 Å². The quantitative estimate of drug-likeness (QED) is 0.617. The summed E-state index contributed by atoms with van der Waals surface area (Å²) in [7, 11) is 0. The van der Waals surface area contributed by atoms with Gasteiger partial charge in [0.2, 0.25) is 11.7 Å². The Morgan fingerprint density at radius 2 is 1.83 bits per heavy atom. The number of hydrogen-bond acceptors (Lipinski definition) is 6. The minimum Gasteiger partial charge on any atom is -0.372 e. The lowest BCUT2D eigenvalue weighted by molar-refractivity contribution is -0.174.